The number of hydrogen-bond donors (Lipinski definition) is 5. The van der Waals surface area contributed by atoms with Gasteiger partial charge in [0, 0.05) is 6.54 Å². The van der Waals surface area contributed by atoms with Crippen molar-refractivity contribution in [1.29, 1.82) is 0 Å². The first kappa shape index (κ1) is 29.1. The SMILES string of the molecule is C#CCn1c(=O)n(C(=O)[C@H](CCCNC(N)=O)NC(=O)[C@@H](N)C(C)C)c2c(N)nc(OCCCC)nc21. The summed E-state index contributed by atoms with van der Waals surface area (Å²) in [6, 6.07) is -2.87. The highest BCUT2D eigenvalue weighted by Crippen LogP contribution is 2.21. The fourth-order valence-electron chi connectivity index (χ4n) is 3.46. The summed E-state index contributed by atoms with van der Waals surface area (Å²) in [7, 11) is 0. The summed E-state index contributed by atoms with van der Waals surface area (Å²) in [5.41, 5.74) is 16.4. The molecule has 0 unspecified atom stereocenters. The molecule has 14 heteroatoms. The number of rotatable bonds is 13. The predicted molar refractivity (Wildman–Crippen MR) is 138 cm³/mol. The number of terminal acetylenes is 1. The summed E-state index contributed by atoms with van der Waals surface area (Å²) in [5, 5.41) is 5.02. The summed E-state index contributed by atoms with van der Waals surface area (Å²) in [6.45, 7) is 5.79. The van der Waals surface area contributed by atoms with Crippen molar-refractivity contribution in [2.75, 3.05) is 18.9 Å². The lowest BCUT2D eigenvalue weighted by Gasteiger charge is -2.22. The molecule has 8 N–H and O–H groups in total. The van der Waals surface area contributed by atoms with Crippen molar-refractivity contribution in [3.8, 4) is 18.4 Å². The monoisotopic (exact) mass is 517 g/mol. The van der Waals surface area contributed by atoms with Gasteiger partial charge in [-0.25, -0.2) is 14.2 Å². The molecule has 2 aromatic heterocycles. The Morgan fingerprint density at radius 2 is 1.92 bits per heavy atom. The van der Waals surface area contributed by atoms with Crippen LogP contribution in [0.25, 0.3) is 11.2 Å². The van der Waals surface area contributed by atoms with E-state index in [2.05, 4.69) is 26.5 Å². The van der Waals surface area contributed by atoms with Crippen molar-refractivity contribution in [3.63, 3.8) is 0 Å². The van der Waals surface area contributed by atoms with E-state index in [0.29, 0.717) is 6.61 Å². The van der Waals surface area contributed by atoms with Gasteiger partial charge in [0.25, 0.3) is 5.91 Å². The minimum Gasteiger partial charge on any atom is -0.463 e. The molecule has 0 aliphatic rings. The standard InChI is InChI=1S/C23H35N9O5/c1-5-7-12-37-22-29-17(25)16-18(30-22)31(11-6-2)23(36)32(16)20(34)14(9-8-10-27-21(26)35)28-19(33)15(24)13(3)4/h2,13-15H,5,7-12,24H2,1,3-4H3,(H,28,33)(H2,25,29,30)(H3,26,27,35)/t14-,15-/m0/s1. The fraction of sp³-hybridized carbons (Fsp3) is 0.565. The average Bonchev–Trinajstić information content (AvgIpc) is 3.12. The van der Waals surface area contributed by atoms with Gasteiger partial charge >= 0.3 is 17.7 Å². The number of fused-ring (bicyclic) bond motifs is 1. The first-order valence-corrected chi connectivity index (χ1v) is 12.0. The second kappa shape index (κ2) is 13.3. The second-order valence-electron chi connectivity index (χ2n) is 8.78. The molecule has 202 valence electrons. The molecule has 0 bridgehead atoms. The number of ether oxygens (including phenoxy) is 1. The van der Waals surface area contributed by atoms with Crippen LogP contribution in [0.2, 0.25) is 0 Å². The van der Waals surface area contributed by atoms with Gasteiger partial charge < -0.3 is 32.6 Å². The largest absolute Gasteiger partial charge is 0.463 e. The maximum absolute atomic E-state index is 13.7. The number of urea groups is 1. The van der Waals surface area contributed by atoms with Crippen molar-refractivity contribution >= 4 is 34.8 Å². The van der Waals surface area contributed by atoms with Crippen LogP contribution in [0.3, 0.4) is 0 Å². The molecule has 0 saturated heterocycles. The van der Waals surface area contributed by atoms with Crippen molar-refractivity contribution in [1.82, 2.24) is 29.7 Å². The van der Waals surface area contributed by atoms with Crippen LogP contribution in [0, 0.1) is 18.3 Å². The summed E-state index contributed by atoms with van der Waals surface area (Å²) in [4.78, 5) is 59.1. The number of nitrogens with one attached hydrogen (secondary N) is 2. The van der Waals surface area contributed by atoms with Crippen molar-refractivity contribution in [2.45, 2.75) is 65.1 Å². The Labute approximate surface area is 214 Å². The molecule has 14 nitrogen and oxygen atoms in total. The Balaban J connectivity index is 2.54. The Hall–Kier alpha value is -4.12. The van der Waals surface area contributed by atoms with E-state index in [-0.39, 0.29) is 54.8 Å². The highest BCUT2D eigenvalue weighted by molar-refractivity contribution is 5.98. The quantitative estimate of drug-likeness (QED) is 0.171. The van der Waals surface area contributed by atoms with Crippen LogP contribution in [-0.2, 0) is 11.3 Å². The molecule has 0 radical (unpaired) electrons. The van der Waals surface area contributed by atoms with Crippen molar-refractivity contribution in [2.24, 2.45) is 17.4 Å². The number of imidazole rings is 1. The van der Waals surface area contributed by atoms with E-state index in [1.54, 1.807) is 13.8 Å². The third kappa shape index (κ3) is 7.20. The number of nitrogen functional groups attached to an aromatic ring is 1. The Bertz CT molecular complexity index is 1230. The van der Waals surface area contributed by atoms with Crippen LogP contribution in [-0.4, -0.2) is 62.2 Å². The number of hydrogen-bond acceptors (Lipinski definition) is 9. The Kier molecular flexibility index (Phi) is 10.4. The number of unbranched alkanes of at least 4 members (excludes halogenated alkanes) is 1. The lowest BCUT2D eigenvalue weighted by Crippen LogP contribution is -2.52. The van der Waals surface area contributed by atoms with E-state index in [9.17, 15) is 19.2 Å². The van der Waals surface area contributed by atoms with E-state index < -0.39 is 35.6 Å². The van der Waals surface area contributed by atoms with Gasteiger partial charge in [-0.2, -0.15) is 9.97 Å². The van der Waals surface area contributed by atoms with E-state index >= 15 is 0 Å². The number of nitrogens with two attached hydrogens (primary N) is 3. The molecule has 2 atom stereocenters. The zero-order valence-corrected chi connectivity index (χ0v) is 21.3. The summed E-state index contributed by atoms with van der Waals surface area (Å²) < 4.78 is 7.43. The molecule has 0 fully saturated rings. The molecule has 0 saturated carbocycles. The summed E-state index contributed by atoms with van der Waals surface area (Å²) in [6.07, 6.45) is 7.40. The maximum atomic E-state index is 13.7. The second-order valence-corrected chi connectivity index (χ2v) is 8.78. The van der Waals surface area contributed by atoms with Gasteiger partial charge in [-0.1, -0.05) is 33.1 Å². The molecular weight excluding hydrogens is 482 g/mol. The van der Waals surface area contributed by atoms with Crippen LogP contribution in [0.15, 0.2) is 4.79 Å². The van der Waals surface area contributed by atoms with E-state index in [1.165, 1.54) is 0 Å². The molecule has 2 rings (SSSR count). The molecule has 2 heterocycles. The summed E-state index contributed by atoms with van der Waals surface area (Å²) in [5.74, 6) is 0.620. The van der Waals surface area contributed by atoms with Gasteiger partial charge in [0.05, 0.1) is 19.2 Å². The topological polar surface area (TPSA) is 215 Å². The Morgan fingerprint density at radius 1 is 1.22 bits per heavy atom. The number of nitrogens with zero attached hydrogens (tertiary/aromatic N) is 4. The zero-order valence-electron chi connectivity index (χ0n) is 21.3. The van der Waals surface area contributed by atoms with Crippen LogP contribution >= 0.6 is 0 Å². The third-order valence-corrected chi connectivity index (χ3v) is 5.58. The highest BCUT2D eigenvalue weighted by atomic mass is 16.5. The number of amides is 3. The molecule has 0 aliphatic heterocycles. The van der Waals surface area contributed by atoms with Gasteiger partial charge in [-0.3, -0.25) is 14.2 Å². The van der Waals surface area contributed by atoms with Crippen LogP contribution < -0.4 is 38.3 Å². The molecule has 3 amide bonds. The van der Waals surface area contributed by atoms with Crippen molar-refractivity contribution in [3.05, 3.63) is 10.5 Å². The highest BCUT2D eigenvalue weighted by Gasteiger charge is 2.31. The van der Waals surface area contributed by atoms with Crippen LogP contribution in [0.1, 0.15) is 51.2 Å². The Morgan fingerprint density at radius 3 is 2.51 bits per heavy atom. The first-order chi connectivity index (χ1) is 17.5. The number of primary amides is 1. The normalized spacial score (nSPS) is 12.6. The maximum Gasteiger partial charge on any atom is 0.338 e. The number of aromatic nitrogens is 4. The van der Waals surface area contributed by atoms with E-state index in [1.807, 2.05) is 6.92 Å². The average molecular weight is 518 g/mol. The lowest BCUT2D eigenvalue weighted by molar-refractivity contribution is -0.123. The lowest BCUT2D eigenvalue weighted by atomic mass is 10.0. The van der Waals surface area contributed by atoms with Crippen LogP contribution in [0.4, 0.5) is 10.6 Å². The molecule has 2 aromatic rings. The smallest absolute Gasteiger partial charge is 0.338 e. The van der Waals surface area contributed by atoms with Crippen LogP contribution in [0.5, 0.6) is 6.01 Å². The van der Waals surface area contributed by atoms with Gasteiger partial charge in [0.15, 0.2) is 11.5 Å². The van der Waals surface area contributed by atoms with Crippen molar-refractivity contribution < 1.29 is 19.1 Å². The zero-order chi connectivity index (χ0) is 27.7. The number of anilines is 1. The minimum absolute atomic E-state index is 0.0228. The first-order valence-electron chi connectivity index (χ1n) is 12.0. The molecule has 0 aromatic carbocycles. The molecular formula is C23H35N9O5. The molecule has 0 aliphatic carbocycles. The van der Waals surface area contributed by atoms with Gasteiger partial charge in [-0.15, -0.1) is 6.42 Å². The minimum atomic E-state index is -1.19. The number of carbonyl (C=O) groups excluding carboxylic acids is 3. The molecule has 37 heavy (non-hydrogen) atoms. The number of carbonyl (C=O) groups is 3. The molecule has 0 spiro atoms. The summed E-state index contributed by atoms with van der Waals surface area (Å²) >= 11 is 0. The fourth-order valence-corrected chi connectivity index (χ4v) is 3.46. The van der Waals surface area contributed by atoms with Gasteiger partial charge in [0.2, 0.25) is 5.91 Å². The van der Waals surface area contributed by atoms with E-state index in [0.717, 1.165) is 22.0 Å². The van der Waals surface area contributed by atoms with Gasteiger partial charge in [-0.05, 0) is 25.2 Å². The predicted octanol–water partition coefficient (Wildman–Crippen LogP) is -0.456. The van der Waals surface area contributed by atoms with Gasteiger partial charge in [0.1, 0.15) is 11.6 Å². The van der Waals surface area contributed by atoms with E-state index in [4.69, 9.17) is 28.4 Å². The third-order valence-electron chi connectivity index (χ3n) is 5.58.